The molecule has 34 heavy (non-hydrogen) atoms. The molecule has 4 aromatic rings. The van der Waals surface area contributed by atoms with Crippen LogP contribution >= 0.6 is 0 Å². The lowest BCUT2D eigenvalue weighted by atomic mass is 10.1. The number of benzene rings is 3. The third-order valence-electron chi connectivity index (χ3n) is 5.49. The Morgan fingerprint density at radius 3 is 2.35 bits per heavy atom. The van der Waals surface area contributed by atoms with Crippen molar-refractivity contribution in [2.45, 2.75) is 13.5 Å². The van der Waals surface area contributed by atoms with E-state index in [1.165, 1.54) is 14.2 Å². The van der Waals surface area contributed by atoms with Crippen LogP contribution < -0.4 is 24.7 Å². The highest BCUT2D eigenvalue weighted by molar-refractivity contribution is 6.06. The third-order valence-corrected chi connectivity index (χ3v) is 5.49. The van der Waals surface area contributed by atoms with Crippen LogP contribution in [-0.2, 0) is 6.54 Å². The fraction of sp³-hybridized carbons (Fsp3) is 0.185. The van der Waals surface area contributed by atoms with Crippen LogP contribution in [0.3, 0.4) is 0 Å². The molecule has 7 nitrogen and oxygen atoms in total. The Hall–Kier alpha value is -4.26. The van der Waals surface area contributed by atoms with Gasteiger partial charge in [0.2, 0.25) is 0 Å². The number of carbonyl (C=O) groups excluding carboxylic acids is 1. The van der Waals surface area contributed by atoms with E-state index in [9.17, 15) is 9.59 Å². The second kappa shape index (κ2) is 10.1. The van der Waals surface area contributed by atoms with E-state index in [2.05, 4.69) is 4.98 Å². The van der Waals surface area contributed by atoms with Crippen LogP contribution in [0.2, 0.25) is 0 Å². The van der Waals surface area contributed by atoms with E-state index in [4.69, 9.17) is 14.2 Å². The van der Waals surface area contributed by atoms with E-state index >= 15 is 0 Å². The van der Waals surface area contributed by atoms with Gasteiger partial charge in [-0.2, -0.15) is 0 Å². The van der Waals surface area contributed by atoms with Crippen molar-refractivity contribution in [3.8, 4) is 17.2 Å². The molecule has 0 bridgehead atoms. The number of anilines is 1. The molecule has 1 amide bonds. The molecule has 1 aromatic heterocycles. The first-order valence-corrected chi connectivity index (χ1v) is 10.9. The number of aromatic amines is 1. The molecular formula is C27H26N2O5. The third kappa shape index (κ3) is 4.73. The summed E-state index contributed by atoms with van der Waals surface area (Å²) in [7, 11) is 3.06. The monoisotopic (exact) mass is 458 g/mol. The number of ether oxygens (including phenoxy) is 3. The minimum absolute atomic E-state index is 0.0847. The van der Waals surface area contributed by atoms with Crippen LogP contribution in [0.25, 0.3) is 10.9 Å². The minimum Gasteiger partial charge on any atom is -0.494 e. The molecule has 3 aromatic carbocycles. The summed E-state index contributed by atoms with van der Waals surface area (Å²) in [6.45, 7) is 2.54. The van der Waals surface area contributed by atoms with Gasteiger partial charge in [-0.3, -0.25) is 9.59 Å². The van der Waals surface area contributed by atoms with Crippen LogP contribution in [0.1, 0.15) is 22.8 Å². The largest absolute Gasteiger partial charge is 0.494 e. The summed E-state index contributed by atoms with van der Waals surface area (Å²) in [5.74, 6) is 1.40. The average Bonchev–Trinajstić information content (AvgIpc) is 2.87. The Bertz CT molecular complexity index is 1360. The number of fused-ring (bicyclic) bond motifs is 1. The van der Waals surface area contributed by atoms with Gasteiger partial charge in [-0.15, -0.1) is 0 Å². The number of nitrogens with one attached hydrogen (secondary N) is 1. The molecule has 0 unspecified atom stereocenters. The maximum atomic E-state index is 13.7. The summed E-state index contributed by atoms with van der Waals surface area (Å²) in [4.78, 5) is 31.0. The SMILES string of the molecule is CCOc1ccc(N(Cc2cc3ccccc3[nH]c2=O)C(=O)c2ccc(OC)c(OC)c2)cc1. The zero-order valence-corrected chi connectivity index (χ0v) is 19.3. The van der Waals surface area contributed by atoms with Gasteiger partial charge in [0.05, 0.1) is 27.4 Å². The molecule has 0 radical (unpaired) electrons. The van der Waals surface area contributed by atoms with E-state index < -0.39 is 0 Å². The zero-order chi connectivity index (χ0) is 24.1. The van der Waals surface area contributed by atoms with Crippen molar-refractivity contribution in [1.82, 2.24) is 4.98 Å². The van der Waals surface area contributed by atoms with Crippen LogP contribution in [-0.4, -0.2) is 31.7 Å². The van der Waals surface area contributed by atoms with Crippen molar-refractivity contribution in [3.63, 3.8) is 0 Å². The van der Waals surface area contributed by atoms with E-state index in [1.807, 2.05) is 37.3 Å². The summed E-state index contributed by atoms with van der Waals surface area (Å²) in [6.07, 6.45) is 0. The van der Waals surface area contributed by atoms with Gasteiger partial charge in [0.1, 0.15) is 5.75 Å². The summed E-state index contributed by atoms with van der Waals surface area (Å²) in [6, 6.07) is 21.6. The molecule has 0 aliphatic heterocycles. The number of methoxy groups -OCH3 is 2. The standard InChI is InChI=1S/C27H26N2O5/c1-4-34-22-12-10-21(11-13-22)29(27(31)19-9-14-24(32-2)25(16-19)33-3)17-20-15-18-7-5-6-8-23(18)28-26(20)30/h5-16H,4,17H2,1-3H3,(H,28,30). The lowest BCUT2D eigenvalue weighted by Gasteiger charge is -2.24. The van der Waals surface area contributed by atoms with E-state index in [-0.39, 0.29) is 18.0 Å². The molecule has 4 rings (SSSR count). The summed E-state index contributed by atoms with van der Waals surface area (Å²) in [5.41, 5.74) is 2.02. The highest BCUT2D eigenvalue weighted by atomic mass is 16.5. The molecule has 0 aliphatic rings. The van der Waals surface area contributed by atoms with Gasteiger partial charge < -0.3 is 24.1 Å². The van der Waals surface area contributed by atoms with Crippen molar-refractivity contribution >= 4 is 22.5 Å². The van der Waals surface area contributed by atoms with E-state index in [1.54, 1.807) is 47.4 Å². The highest BCUT2D eigenvalue weighted by Gasteiger charge is 2.21. The minimum atomic E-state index is -0.280. The zero-order valence-electron chi connectivity index (χ0n) is 19.3. The van der Waals surface area contributed by atoms with Gasteiger partial charge in [-0.1, -0.05) is 18.2 Å². The fourth-order valence-corrected chi connectivity index (χ4v) is 3.77. The first kappa shape index (κ1) is 22.9. The Kier molecular flexibility index (Phi) is 6.82. The predicted molar refractivity (Wildman–Crippen MR) is 132 cm³/mol. The maximum absolute atomic E-state index is 13.7. The second-order valence-electron chi connectivity index (χ2n) is 7.60. The molecule has 0 aliphatic carbocycles. The molecular weight excluding hydrogens is 432 g/mol. The van der Waals surface area contributed by atoms with Crippen molar-refractivity contribution in [2.75, 3.05) is 25.7 Å². The number of pyridine rings is 1. The first-order chi connectivity index (χ1) is 16.5. The van der Waals surface area contributed by atoms with Crippen LogP contribution in [0.4, 0.5) is 5.69 Å². The number of amides is 1. The van der Waals surface area contributed by atoms with Gasteiger partial charge in [0.25, 0.3) is 11.5 Å². The Morgan fingerprint density at radius 2 is 1.65 bits per heavy atom. The Balaban J connectivity index is 1.76. The second-order valence-corrected chi connectivity index (χ2v) is 7.60. The summed E-state index contributed by atoms with van der Waals surface area (Å²) < 4.78 is 16.2. The van der Waals surface area contributed by atoms with Crippen molar-refractivity contribution in [2.24, 2.45) is 0 Å². The van der Waals surface area contributed by atoms with Crippen molar-refractivity contribution < 1.29 is 19.0 Å². The molecule has 1 N–H and O–H groups in total. The maximum Gasteiger partial charge on any atom is 0.258 e. The number of hydrogen-bond acceptors (Lipinski definition) is 5. The van der Waals surface area contributed by atoms with E-state index in [0.29, 0.717) is 40.7 Å². The normalized spacial score (nSPS) is 10.7. The highest BCUT2D eigenvalue weighted by Crippen LogP contribution is 2.30. The average molecular weight is 459 g/mol. The lowest BCUT2D eigenvalue weighted by Crippen LogP contribution is -2.33. The van der Waals surface area contributed by atoms with Gasteiger partial charge in [-0.05, 0) is 66.9 Å². The number of H-pyrrole nitrogens is 1. The van der Waals surface area contributed by atoms with Crippen LogP contribution in [0.5, 0.6) is 17.2 Å². The predicted octanol–water partition coefficient (Wildman–Crippen LogP) is 4.79. The van der Waals surface area contributed by atoms with Crippen molar-refractivity contribution in [3.05, 3.63) is 94.3 Å². The van der Waals surface area contributed by atoms with Crippen LogP contribution in [0.15, 0.2) is 77.6 Å². The summed E-state index contributed by atoms with van der Waals surface area (Å²) in [5, 5.41) is 0.891. The number of para-hydroxylation sites is 1. The molecule has 0 saturated carbocycles. The van der Waals surface area contributed by atoms with Crippen LogP contribution in [0, 0.1) is 0 Å². The summed E-state index contributed by atoms with van der Waals surface area (Å²) >= 11 is 0. The van der Waals surface area contributed by atoms with Gasteiger partial charge >= 0.3 is 0 Å². The number of hydrogen-bond donors (Lipinski definition) is 1. The fourth-order valence-electron chi connectivity index (χ4n) is 3.77. The molecule has 0 fully saturated rings. The number of carbonyl (C=O) groups is 1. The van der Waals surface area contributed by atoms with E-state index in [0.717, 1.165) is 10.9 Å². The molecule has 174 valence electrons. The molecule has 0 atom stereocenters. The Morgan fingerprint density at radius 1 is 0.912 bits per heavy atom. The number of aromatic nitrogens is 1. The lowest BCUT2D eigenvalue weighted by molar-refractivity contribution is 0.0984. The smallest absolute Gasteiger partial charge is 0.258 e. The molecule has 1 heterocycles. The number of nitrogens with zero attached hydrogens (tertiary/aromatic N) is 1. The first-order valence-electron chi connectivity index (χ1n) is 10.9. The molecule has 0 spiro atoms. The molecule has 7 heteroatoms. The molecule has 0 saturated heterocycles. The Labute approximate surface area is 197 Å². The number of rotatable bonds is 8. The van der Waals surface area contributed by atoms with Gasteiger partial charge in [0, 0.05) is 22.3 Å². The van der Waals surface area contributed by atoms with Crippen molar-refractivity contribution in [1.29, 1.82) is 0 Å². The quantitative estimate of drug-likeness (QED) is 0.411. The van der Waals surface area contributed by atoms with Gasteiger partial charge in [0.15, 0.2) is 11.5 Å². The van der Waals surface area contributed by atoms with Gasteiger partial charge in [-0.25, -0.2) is 0 Å². The topological polar surface area (TPSA) is 80.9 Å².